The molecule has 0 aliphatic heterocycles. The van der Waals surface area contributed by atoms with Crippen molar-refractivity contribution in [2.45, 2.75) is 6.92 Å². The van der Waals surface area contributed by atoms with Crippen molar-refractivity contribution in [1.29, 1.82) is 0 Å². The summed E-state index contributed by atoms with van der Waals surface area (Å²) in [5.41, 5.74) is 1.06. The van der Waals surface area contributed by atoms with Gasteiger partial charge in [-0.25, -0.2) is 0 Å². The number of ether oxygens (including phenoxy) is 1. The quantitative estimate of drug-likeness (QED) is 0.791. The molecular weight excluding hydrogens is 204 g/mol. The summed E-state index contributed by atoms with van der Waals surface area (Å²) in [6.45, 7) is 1.76. The Hall–Kier alpha value is -2.10. The second-order valence-corrected chi connectivity index (χ2v) is 3.28. The summed E-state index contributed by atoms with van der Waals surface area (Å²) in [6.07, 6.45) is 3.72. The van der Waals surface area contributed by atoms with Crippen LogP contribution in [0, 0.1) is 6.92 Å². The number of aryl methyl sites for hydroxylation is 1. The maximum absolute atomic E-state index is 5.07. The zero-order valence-electron chi connectivity index (χ0n) is 9.18. The topological polar surface area (TPSA) is 48.2 Å². The highest BCUT2D eigenvalue weighted by Gasteiger charge is 1.96. The molecule has 0 amide bonds. The minimum absolute atomic E-state index is 0.564. The number of rotatable bonds is 3. The number of hydrogen-bond acceptors (Lipinski definition) is 4. The molecule has 0 aliphatic carbocycles. The number of benzene rings is 1. The molecule has 2 rings (SSSR count). The van der Waals surface area contributed by atoms with Crippen molar-refractivity contribution in [2.75, 3.05) is 7.11 Å². The SMILES string of the molecule is COc1ccc(/C=C/c2noc(C)n2)cc1. The van der Waals surface area contributed by atoms with E-state index in [9.17, 15) is 0 Å². The number of aromatic nitrogens is 2. The Morgan fingerprint density at radius 3 is 2.50 bits per heavy atom. The number of nitrogens with zero attached hydrogens (tertiary/aromatic N) is 2. The molecule has 0 fully saturated rings. The highest BCUT2D eigenvalue weighted by atomic mass is 16.5. The molecule has 0 aliphatic rings. The van der Waals surface area contributed by atoms with Crippen LogP contribution >= 0.6 is 0 Å². The minimum Gasteiger partial charge on any atom is -0.497 e. The third kappa shape index (κ3) is 2.48. The summed E-state index contributed by atoms with van der Waals surface area (Å²) < 4.78 is 9.93. The molecule has 0 unspecified atom stereocenters. The predicted octanol–water partition coefficient (Wildman–Crippen LogP) is 2.56. The van der Waals surface area contributed by atoms with Gasteiger partial charge in [0.15, 0.2) is 5.82 Å². The summed E-state index contributed by atoms with van der Waals surface area (Å²) in [5.74, 6) is 1.98. The molecule has 0 bridgehead atoms. The van der Waals surface area contributed by atoms with Crippen LogP contribution in [0.25, 0.3) is 12.2 Å². The molecule has 16 heavy (non-hydrogen) atoms. The van der Waals surface area contributed by atoms with Crippen LogP contribution in [0.5, 0.6) is 5.75 Å². The van der Waals surface area contributed by atoms with Crippen LogP contribution in [-0.2, 0) is 0 Å². The van der Waals surface area contributed by atoms with Gasteiger partial charge >= 0.3 is 0 Å². The second kappa shape index (κ2) is 4.61. The molecule has 1 aromatic heterocycles. The Kier molecular flexibility index (Phi) is 3.00. The van der Waals surface area contributed by atoms with E-state index in [1.54, 1.807) is 20.1 Å². The van der Waals surface area contributed by atoms with Gasteiger partial charge < -0.3 is 9.26 Å². The first-order valence-corrected chi connectivity index (χ1v) is 4.90. The average molecular weight is 216 g/mol. The molecule has 0 spiro atoms. The minimum atomic E-state index is 0.564. The van der Waals surface area contributed by atoms with E-state index in [1.807, 2.05) is 30.3 Å². The Morgan fingerprint density at radius 2 is 1.94 bits per heavy atom. The summed E-state index contributed by atoms with van der Waals surface area (Å²) in [4.78, 5) is 4.07. The fraction of sp³-hybridized carbons (Fsp3) is 0.167. The van der Waals surface area contributed by atoms with Crippen molar-refractivity contribution in [2.24, 2.45) is 0 Å². The Labute approximate surface area is 93.6 Å². The fourth-order valence-electron chi connectivity index (χ4n) is 1.27. The van der Waals surface area contributed by atoms with Crippen molar-refractivity contribution in [3.05, 3.63) is 41.5 Å². The van der Waals surface area contributed by atoms with Crippen molar-refractivity contribution < 1.29 is 9.26 Å². The van der Waals surface area contributed by atoms with Crippen LogP contribution in [0.1, 0.15) is 17.3 Å². The van der Waals surface area contributed by atoms with E-state index in [2.05, 4.69) is 10.1 Å². The van der Waals surface area contributed by atoms with Gasteiger partial charge in [-0.15, -0.1) is 0 Å². The summed E-state index contributed by atoms with van der Waals surface area (Å²) in [5, 5.41) is 3.77. The van der Waals surface area contributed by atoms with Crippen molar-refractivity contribution in [3.8, 4) is 5.75 Å². The zero-order chi connectivity index (χ0) is 11.4. The van der Waals surface area contributed by atoms with E-state index >= 15 is 0 Å². The van der Waals surface area contributed by atoms with Crippen molar-refractivity contribution in [1.82, 2.24) is 10.1 Å². The Morgan fingerprint density at radius 1 is 1.19 bits per heavy atom. The standard InChI is InChI=1S/C12H12N2O2/c1-9-13-12(14-16-9)8-5-10-3-6-11(15-2)7-4-10/h3-8H,1-2H3/b8-5+. The highest BCUT2D eigenvalue weighted by molar-refractivity contribution is 5.66. The molecule has 4 nitrogen and oxygen atoms in total. The molecule has 1 heterocycles. The van der Waals surface area contributed by atoms with E-state index in [0.717, 1.165) is 11.3 Å². The van der Waals surface area contributed by atoms with Gasteiger partial charge in [-0.1, -0.05) is 23.4 Å². The van der Waals surface area contributed by atoms with E-state index in [-0.39, 0.29) is 0 Å². The van der Waals surface area contributed by atoms with E-state index in [0.29, 0.717) is 11.7 Å². The predicted molar refractivity (Wildman–Crippen MR) is 61.0 cm³/mol. The lowest BCUT2D eigenvalue weighted by Crippen LogP contribution is -1.81. The van der Waals surface area contributed by atoms with Crippen LogP contribution in [0.2, 0.25) is 0 Å². The smallest absolute Gasteiger partial charge is 0.223 e. The van der Waals surface area contributed by atoms with Crippen LogP contribution in [0.15, 0.2) is 28.8 Å². The van der Waals surface area contributed by atoms with Gasteiger partial charge in [0, 0.05) is 6.92 Å². The van der Waals surface area contributed by atoms with Crippen molar-refractivity contribution >= 4 is 12.2 Å². The molecule has 1 aromatic carbocycles. The first kappa shape index (κ1) is 10.4. The Balaban J connectivity index is 2.11. The first-order valence-electron chi connectivity index (χ1n) is 4.90. The molecule has 0 saturated heterocycles. The molecule has 0 saturated carbocycles. The lowest BCUT2D eigenvalue weighted by molar-refractivity contribution is 0.391. The lowest BCUT2D eigenvalue weighted by Gasteiger charge is -1.98. The molecule has 82 valence electrons. The molecular formula is C12H12N2O2. The zero-order valence-corrected chi connectivity index (χ0v) is 9.18. The monoisotopic (exact) mass is 216 g/mol. The average Bonchev–Trinajstić information content (AvgIpc) is 2.73. The fourth-order valence-corrected chi connectivity index (χ4v) is 1.27. The molecule has 0 atom stereocenters. The third-order valence-corrected chi connectivity index (χ3v) is 2.08. The third-order valence-electron chi connectivity index (χ3n) is 2.08. The van der Waals surface area contributed by atoms with Gasteiger partial charge in [0.2, 0.25) is 5.89 Å². The van der Waals surface area contributed by atoms with Gasteiger partial charge in [0.1, 0.15) is 5.75 Å². The van der Waals surface area contributed by atoms with E-state index < -0.39 is 0 Å². The van der Waals surface area contributed by atoms with Gasteiger partial charge in [-0.2, -0.15) is 4.98 Å². The number of methoxy groups -OCH3 is 1. The lowest BCUT2D eigenvalue weighted by atomic mass is 10.2. The molecule has 4 heteroatoms. The van der Waals surface area contributed by atoms with E-state index in [4.69, 9.17) is 9.26 Å². The summed E-state index contributed by atoms with van der Waals surface area (Å²) in [7, 11) is 1.65. The van der Waals surface area contributed by atoms with E-state index in [1.165, 1.54) is 0 Å². The van der Waals surface area contributed by atoms with Crippen LogP contribution < -0.4 is 4.74 Å². The highest BCUT2D eigenvalue weighted by Crippen LogP contribution is 2.13. The maximum atomic E-state index is 5.07. The van der Waals surface area contributed by atoms with Gasteiger partial charge in [0.25, 0.3) is 0 Å². The van der Waals surface area contributed by atoms with Gasteiger partial charge in [0.05, 0.1) is 7.11 Å². The van der Waals surface area contributed by atoms with Crippen molar-refractivity contribution in [3.63, 3.8) is 0 Å². The normalized spacial score (nSPS) is 10.9. The van der Waals surface area contributed by atoms with Gasteiger partial charge in [-0.05, 0) is 23.8 Å². The number of hydrogen-bond donors (Lipinski definition) is 0. The molecule has 0 N–H and O–H groups in total. The Bertz CT molecular complexity index is 486. The van der Waals surface area contributed by atoms with Crippen LogP contribution in [0.4, 0.5) is 0 Å². The largest absolute Gasteiger partial charge is 0.497 e. The second-order valence-electron chi connectivity index (χ2n) is 3.28. The van der Waals surface area contributed by atoms with Gasteiger partial charge in [-0.3, -0.25) is 0 Å². The molecule has 0 radical (unpaired) electrons. The van der Waals surface area contributed by atoms with Crippen LogP contribution in [0.3, 0.4) is 0 Å². The maximum Gasteiger partial charge on any atom is 0.223 e. The summed E-state index contributed by atoms with van der Waals surface area (Å²) >= 11 is 0. The summed E-state index contributed by atoms with van der Waals surface area (Å²) in [6, 6.07) is 7.73. The van der Waals surface area contributed by atoms with Crippen LogP contribution in [-0.4, -0.2) is 17.3 Å². The molecule has 2 aromatic rings. The first-order chi connectivity index (χ1) is 7.78.